The second-order valence-electron chi connectivity index (χ2n) is 7.83. The van der Waals surface area contributed by atoms with E-state index in [0.29, 0.717) is 30.1 Å². The monoisotopic (exact) mass is 436 g/mol. The Labute approximate surface area is 184 Å². The molecule has 0 bridgehead atoms. The van der Waals surface area contributed by atoms with Crippen molar-refractivity contribution < 1.29 is 9.53 Å². The van der Waals surface area contributed by atoms with Gasteiger partial charge in [-0.05, 0) is 31.4 Å². The lowest BCUT2D eigenvalue weighted by Gasteiger charge is -2.28. The number of rotatable bonds is 6. The normalized spacial score (nSPS) is 16.7. The third-order valence-corrected chi connectivity index (χ3v) is 6.34. The SMILES string of the molecule is Cc1cccc(/C=N/Nc2nc(N3CCOCC3)c3sc(C(=O)NC4CC4)cc3n2)c1. The second-order valence-corrected chi connectivity index (χ2v) is 8.88. The van der Waals surface area contributed by atoms with Gasteiger partial charge in [0, 0.05) is 19.1 Å². The highest BCUT2D eigenvalue weighted by Crippen LogP contribution is 2.34. The van der Waals surface area contributed by atoms with E-state index in [2.05, 4.69) is 31.8 Å². The van der Waals surface area contributed by atoms with Crippen LogP contribution >= 0.6 is 11.3 Å². The zero-order valence-electron chi connectivity index (χ0n) is 17.3. The maximum Gasteiger partial charge on any atom is 0.261 e. The molecule has 1 aliphatic carbocycles. The number of aromatic nitrogens is 2. The van der Waals surface area contributed by atoms with Crippen LogP contribution in [0.5, 0.6) is 0 Å². The number of morpholine rings is 1. The number of ether oxygens (including phenoxy) is 1. The van der Waals surface area contributed by atoms with Gasteiger partial charge in [-0.25, -0.2) is 10.4 Å². The summed E-state index contributed by atoms with van der Waals surface area (Å²) in [6.45, 7) is 4.85. The number of anilines is 2. The van der Waals surface area contributed by atoms with Crippen molar-refractivity contribution >= 4 is 45.4 Å². The summed E-state index contributed by atoms with van der Waals surface area (Å²) in [7, 11) is 0. The topological polar surface area (TPSA) is 91.7 Å². The lowest BCUT2D eigenvalue weighted by Crippen LogP contribution is -2.36. The molecule has 0 unspecified atom stereocenters. The van der Waals surface area contributed by atoms with Crippen molar-refractivity contribution in [3.8, 4) is 0 Å². The number of fused-ring (bicyclic) bond motifs is 1. The van der Waals surface area contributed by atoms with Gasteiger partial charge in [0.05, 0.1) is 34.5 Å². The Morgan fingerprint density at radius 2 is 2.10 bits per heavy atom. The molecule has 2 fully saturated rings. The predicted molar refractivity (Wildman–Crippen MR) is 123 cm³/mol. The van der Waals surface area contributed by atoms with E-state index >= 15 is 0 Å². The van der Waals surface area contributed by atoms with Gasteiger partial charge in [-0.2, -0.15) is 10.1 Å². The molecule has 0 radical (unpaired) electrons. The van der Waals surface area contributed by atoms with E-state index in [-0.39, 0.29) is 5.91 Å². The number of carbonyl (C=O) groups excluding carboxylic acids is 1. The van der Waals surface area contributed by atoms with Crippen molar-refractivity contribution in [1.82, 2.24) is 15.3 Å². The molecule has 2 N–H and O–H groups in total. The van der Waals surface area contributed by atoms with E-state index in [0.717, 1.165) is 47.5 Å². The summed E-state index contributed by atoms with van der Waals surface area (Å²) in [5, 5.41) is 7.37. The average molecular weight is 437 g/mol. The Balaban J connectivity index is 1.45. The molecule has 1 aliphatic heterocycles. The van der Waals surface area contributed by atoms with Gasteiger partial charge in [0.2, 0.25) is 5.95 Å². The molecule has 160 valence electrons. The number of benzene rings is 1. The van der Waals surface area contributed by atoms with Gasteiger partial charge in [-0.1, -0.05) is 29.8 Å². The summed E-state index contributed by atoms with van der Waals surface area (Å²) < 4.78 is 6.41. The van der Waals surface area contributed by atoms with Crippen LogP contribution in [0.15, 0.2) is 35.4 Å². The quantitative estimate of drug-likeness (QED) is 0.456. The summed E-state index contributed by atoms with van der Waals surface area (Å²) in [6, 6.07) is 10.2. The molecular weight excluding hydrogens is 412 g/mol. The Morgan fingerprint density at radius 3 is 2.87 bits per heavy atom. The van der Waals surface area contributed by atoms with E-state index in [9.17, 15) is 4.79 Å². The molecule has 5 rings (SSSR count). The van der Waals surface area contributed by atoms with E-state index in [4.69, 9.17) is 9.72 Å². The van der Waals surface area contributed by atoms with Gasteiger partial charge in [-0.3, -0.25) is 4.79 Å². The summed E-state index contributed by atoms with van der Waals surface area (Å²) in [6.07, 6.45) is 3.86. The van der Waals surface area contributed by atoms with Gasteiger partial charge in [0.15, 0.2) is 5.82 Å². The van der Waals surface area contributed by atoms with Crippen molar-refractivity contribution in [1.29, 1.82) is 0 Å². The van der Waals surface area contributed by atoms with E-state index in [1.165, 1.54) is 16.9 Å². The molecule has 3 aromatic rings. The van der Waals surface area contributed by atoms with E-state index < -0.39 is 0 Å². The number of nitrogens with zero attached hydrogens (tertiary/aromatic N) is 4. The molecule has 1 aromatic carbocycles. The average Bonchev–Trinajstić information content (AvgIpc) is 3.48. The zero-order chi connectivity index (χ0) is 21.2. The number of hydrazone groups is 1. The molecule has 1 saturated heterocycles. The molecule has 9 heteroatoms. The lowest BCUT2D eigenvalue weighted by atomic mass is 10.2. The number of hydrogen-bond donors (Lipinski definition) is 2. The molecule has 2 aliphatic rings. The smallest absolute Gasteiger partial charge is 0.261 e. The number of thiophene rings is 1. The van der Waals surface area contributed by atoms with Crippen molar-refractivity contribution in [3.63, 3.8) is 0 Å². The maximum atomic E-state index is 12.6. The highest BCUT2D eigenvalue weighted by Gasteiger charge is 2.26. The molecule has 3 heterocycles. The second kappa shape index (κ2) is 8.60. The van der Waals surface area contributed by atoms with Gasteiger partial charge in [0.1, 0.15) is 0 Å². The number of carbonyl (C=O) groups is 1. The zero-order valence-corrected chi connectivity index (χ0v) is 18.1. The predicted octanol–water partition coefficient (Wildman–Crippen LogP) is 3.17. The molecule has 8 nitrogen and oxygen atoms in total. The summed E-state index contributed by atoms with van der Waals surface area (Å²) in [4.78, 5) is 24.8. The molecule has 31 heavy (non-hydrogen) atoms. The van der Waals surface area contributed by atoms with Crippen LogP contribution < -0.4 is 15.6 Å². The largest absolute Gasteiger partial charge is 0.378 e. The van der Waals surface area contributed by atoms with Crippen molar-refractivity contribution in [2.24, 2.45) is 5.10 Å². The van der Waals surface area contributed by atoms with E-state index in [1.807, 2.05) is 31.2 Å². The number of hydrogen-bond acceptors (Lipinski definition) is 8. The van der Waals surface area contributed by atoms with Gasteiger partial charge >= 0.3 is 0 Å². The minimum atomic E-state index is -0.0367. The molecular formula is C22H24N6O2S. The Morgan fingerprint density at radius 1 is 1.26 bits per heavy atom. The molecule has 0 spiro atoms. The fraction of sp³-hybridized carbons (Fsp3) is 0.364. The molecule has 1 saturated carbocycles. The first kappa shape index (κ1) is 19.9. The summed E-state index contributed by atoms with van der Waals surface area (Å²) >= 11 is 1.44. The number of nitrogens with one attached hydrogen (secondary N) is 2. The van der Waals surface area contributed by atoms with Crippen molar-refractivity contribution in [3.05, 3.63) is 46.3 Å². The number of amides is 1. The van der Waals surface area contributed by atoms with Crippen LogP contribution in [0.2, 0.25) is 0 Å². The minimum absolute atomic E-state index is 0.0367. The van der Waals surface area contributed by atoms with Crippen LogP contribution in [0.25, 0.3) is 10.2 Å². The molecule has 2 aromatic heterocycles. The van der Waals surface area contributed by atoms with Crippen LogP contribution in [-0.2, 0) is 4.74 Å². The van der Waals surface area contributed by atoms with E-state index in [1.54, 1.807) is 6.21 Å². The van der Waals surface area contributed by atoms with Crippen LogP contribution in [-0.4, -0.2) is 54.4 Å². The van der Waals surface area contributed by atoms with Crippen LogP contribution in [0, 0.1) is 6.92 Å². The van der Waals surface area contributed by atoms with Crippen LogP contribution in [0.1, 0.15) is 33.6 Å². The highest BCUT2D eigenvalue weighted by molar-refractivity contribution is 7.21. The fourth-order valence-corrected chi connectivity index (χ4v) is 4.48. The first-order valence-corrected chi connectivity index (χ1v) is 11.3. The molecule has 1 amide bonds. The fourth-order valence-electron chi connectivity index (χ4n) is 3.47. The minimum Gasteiger partial charge on any atom is -0.378 e. The Bertz CT molecular complexity index is 1130. The van der Waals surface area contributed by atoms with Crippen molar-refractivity contribution in [2.45, 2.75) is 25.8 Å². The third kappa shape index (κ3) is 4.67. The van der Waals surface area contributed by atoms with Crippen LogP contribution in [0.3, 0.4) is 0 Å². The molecule has 0 atom stereocenters. The highest BCUT2D eigenvalue weighted by atomic mass is 32.1. The first-order valence-electron chi connectivity index (χ1n) is 10.5. The van der Waals surface area contributed by atoms with Crippen molar-refractivity contribution in [2.75, 3.05) is 36.6 Å². The van der Waals surface area contributed by atoms with Gasteiger partial charge < -0.3 is 15.0 Å². The third-order valence-electron chi connectivity index (χ3n) is 5.22. The Hall–Kier alpha value is -3.04. The van der Waals surface area contributed by atoms with Gasteiger partial charge in [-0.15, -0.1) is 11.3 Å². The number of aryl methyl sites for hydroxylation is 1. The summed E-state index contributed by atoms with van der Waals surface area (Å²) in [5.41, 5.74) is 5.87. The van der Waals surface area contributed by atoms with Gasteiger partial charge in [0.25, 0.3) is 5.91 Å². The van der Waals surface area contributed by atoms with Crippen LogP contribution in [0.4, 0.5) is 11.8 Å². The Kier molecular flexibility index (Phi) is 5.52. The maximum absolute atomic E-state index is 12.6. The lowest BCUT2D eigenvalue weighted by molar-refractivity contribution is 0.0955. The first-order chi connectivity index (χ1) is 15.2. The summed E-state index contributed by atoms with van der Waals surface area (Å²) in [5.74, 6) is 1.19. The standard InChI is InChI=1S/C22H24N6O2S/c1-14-3-2-4-15(11-14)13-23-27-22-25-17-12-18(21(29)24-16-5-6-16)31-19(17)20(26-22)28-7-9-30-10-8-28/h2-4,11-13,16H,5-10H2,1H3,(H,24,29)(H,25,26,27)/b23-13+.